The second-order valence-electron chi connectivity index (χ2n) is 6.77. The summed E-state index contributed by atoms with van der Waals surface area (Å²) in [5, 5.41) is 0. The van der Waals surface area contributed by atoms with Crippen LogP contribution in [0.5, 0.6) is 0 Å². The molecule has 1 aromatic carbocycles. The van der Waals surface area contributed by atoms with E-state index in [1.54, 1.807) is 0 Å². The molecule has 3 nitrogen and oxygen atoms in total. The van der Waals surface area contributed by atoms with E-state index in [0.717, 1.165) is 12.1 Å². The predicted octanol–water partition coefficient (Wildman–Crippen LogP) is 5.86. The summed E-state index contributed by atoms with van der Waals surface area (Å²) in [6.45, 7) is 5.52. The van der Waals surface area contributed by atoms with Crippen LogP contribution < -0.4 is 0 Å². The highest BCUT2D eigenvalue weighted by Gasteiger charge is 2.65. The molecule has 0 saturated heterocycles. The molecule has 1 atom stereocenters. The summed E-state index contributed by atoms with van der Waals surface area (Å²) < 4.78 is 108. The standard InChI is InChI=1S/C15H16F6O3S2/c1-9-5-6-10-8-12(13(2,3)4)25(11(10)7-9,14(16,17)18)24-26(22,23)15(19,20)21/h5-8H,1-4H3. The largest absolute Gasteiger partial charge is 0.523 e. The maximum Gasteiger partial charge on any atom is 0.523 e. The van der Waals surface area contributed by atoms with Gasteiger partial charge in [0.05, 0.1) is 0 Å². The summed E-state index contributed by atoms with van der Waals surface area (Å²) in [6, 6.07) is 3.82. The minimum absolute atomic E-state index is 0.00905. The molecular formula is C15H16F6O3S2. The van der Waals surface area contributed by atoms with E-state index in [0.29, 0.717) is 5.56 Å². The Labute approximate surface area is 148 Å². The first-order chi connectivity index (χ1) is 11.4. The van der Waals surface area contributed by atoms with Crippen LogP contribution in [0.25, 0.3) is 6.08 Å². The fourth-order valence-electron chi connectivity index (χ4n) is 2.53. The maximum absolute atomic E-state index is 14.2. The van der Waals surface area contributed by atoms with Gasteiger partial charge in [-0.15, -0.1) is 0 Å². The van der Waals surface area contributed by atoms with Crippen LogP contribution >= 0.6 is 10.3 Å². The fourth-order valence-corrected chi connectivity index (χ4v) is 7.51. The van der Waals surface area contributed by atoms with E-state index in [1.807, 2.05) is 0 Å². The number of hydrogen-bond donors (Lipinski definition) is 0. The second kappa shape index (κ2) is 5.90. The number of aryl methyl sites for hydroxylation is 1. The molecule has 0 aliphatic carbocycles. The Kier molecular flexibility index (Phi) is 4.79. The Morgan fingerprint density at radius 2 is 1.54 bits per heavy atom. The molecule has 0 fully saturated rings. The Balaban J connectivity index is 2.90. The van der Waals surface area contributed by atoms with Crippen LogP contribution in [0.4, 0.5) is 26.3 Å². The first-order valence-corrected chi connectivity index (χ1v) is 10.1. The molecular weight excluding hydrogens is 406 g/mol. The van der Waals surface area contributed by atoms with Crippen molar-refractivity contribution in [3.05, 3.63) is 34.2 Å². The van der Waals surface area contributed by atoms with Crippen molar-refractivity contribution in [3.63, 3.8) is 0 Å². The van der Waals surface area contributed by atoms with Gasteiger partial charge >= 0.3 is 21.1 Å². The minimum atomic E-state index is -6.50. The Morgan fingerprint density at radius 3 is 1.96 bits per heavy atom. The number of alkyl halides is 6. The van der Waals surface area contributed by atoms with E-state index in [2.05, 4.69) is 3.63 Å². The molecule has 26 heavy (non-hydrogen) atoms. The Hall–Kier alpha value is -1.20. The summed E-state index contributed by atoms with van der Waals surface area (Å²) in [6.07, 6.45) is 1.07. The molecule has 148 valence electrons. The van der Waals surface area contributed by atoms with Gasteiger partial charge in [-0.2, -0.15) is 38.4 Å². The first-order valence-electron chi connectivity index (χ1n) is 7.18. The summed E-state index contributed by atoms with van der Waals surface area (Å²) in [5.41, 5.74) is -12.3. The SMILES string of the molecule is Cc1ccc2c(c1)S(OS(=O)(=O)C(F)(F)F)(C(F)(F)F)C(C(C)(C)C)=C2. The number of benzene rings is 1. The lowest BCUT2D eigenvalue weighted by Gasteiger charge is -2.43. The quantitative estimate of drug-likeness (QED) is 0.443. The second-order valence-corrected chi connectivity index (χ2v) is 11.1. The van der Waals surface area contributed by atoms with Crippen LogP contribution in [0.2, 0.25) is 0 Å². The van der Waals surface area contributed by atoms with Crippen LogP contribution in [0.15, 0.2) is 28.0 Å². The summed E-state index contributed by atoms with van der Waals surface area (Å²) in [4.78, 5) is -1.13. The molecule has 0 spiro atoms. The zero-order valence-electron chi connectivity index (χ0n) is 14.1. The Morgan fingerprint density at radius 1 is 1.00 bits per heavy atom. The molecule has 1 aliphatic heterocycles. The van der Waals surface area contributed by atoms with Gasteiger partial charge < -0.3 is 0 Å². The van der Waals surface area contributed by atoms with Gasteiger partial charge in [0.15, 0.2) is 0 Å². The molecule has 0 aromatic heterocycles. The number of allylic oxidation sites excluding steroid dienone is 1. The van der Waals surface area contributed by atoms with Crippen LogP contribution in [0, 0.1) is 12.3 Å². The minimum Gasteiger partial charge on any atom is -0.196 e. The molecule has 11 heteroatoms. The van der Waals surface area contributed by atoms with Crippen molar-refractivity contribution in [2.45, 2.75) is 43.6 Å². The fraction of sp³-hybridized carbons (Fsp3) is 0.467. The van der Waals surface area contributed by atoms with E-state index in [1.165, 1.54) is 39.8 Å². The third kappa shape index (κ3) is 3.24. The first kappa shape index (κ1) is 21.1. The molecule has 1 aliphatic rings. The highest BCUT2D eigenvalue weighted by molar-refractivity contribution is 8.37. The van der Waals surface area contributed by atoms with Gasteiger partial charge in [0, 0.05) is 20.1 Å². The van der Waals surface area contributed by atoms with Gasteiger partial charge in [-0.05, 0) is 35.6 Å². The highest BCUT2D eigenvalue weighted by atomic mass is 32.3. The lowest BCUT2D eigenvalue weighted by Crippen LogP contribution is -2.34. The van der Waals surface area contributed by atoms with E-state index in [9.17, 15) is 34.8 Å². The molecule has 0 radical (unpaired) electrons. The van der Waals surface area contributed by atoms with Gasteiger partial charge in [0.2, 0.25) is 0 Å². The molecule has 1 aromatic rings. The van der Waals surface area contributed by atoms with Crippen LogP contribution in [-0.4, -0.2) is 19.4 Å². The normalized spacial score (nSPS) is 24.0. The highest BCUT2D eigenvalue weighted by Crippen LogP contribution is 2.80. The average Bonchev–Trinajstić information content (AvgIpc) is 2.72. The topological polar surface area (TPSA) is 43.4 Å². The van der Waals surface area contributed by atoms with Crippen LogP contribution in [-0.2, 0) is 13.7 Å². The van der Waals surface area contributed by atoms with E-state index in [-0.39, 0.29) is 5.56 Å². The molecule has 1 heterocycles. The van der Waals surface area contributed by atoms with Gasteiger partial charge in [0.25, 0.3) is 0 Å². The zero-order chi connectivity index (χ0) is 20.3. The smallest absolute Gasteiger partial charge is 0.196 e. The van der Waals surface area contributed by atoms with Crippen molar-refractivity contribution in [1.82, 2.24) is 0 Å². The predicted molar refractivity (Wildman–Crippen MR) is 86.6 cm³/mol. The van der Waals surface area contributed by atoms with E-state index < -0.39 is 46.7 Å². The van der Waals surface area contributed by atoms with Gasteiger partial charge in [-0.25, -0.2) is 0 Å². The summed E-state index contributed by atoms with van der Waals surface area (Å²) >= 11 is 0. The van der Waals surface area contributed by atoms with Gasteiger partial charge in [0.1, 0.15) is 0 Å². The van der Waals surface area contributed by atoms with E-state index >= 15 is 0 Å². The maximum atomic E-state index is 14.2. The number of hydrogen-bond acceptors (Lipinski definition) is 3. The average molecular weight is 422 g/mol. The molecule has 2 rings (SSSR count). The number of rotatable bonds is 2. The summed E-state index contributed by atoms with van der Waals surface area (Å²) in [7, 11) is -11.4. The van der Waals surface area contributed by atoms with Crippen molar-refractivity contribution < 1.29 is 38.4 Å². The molecule has 0 N–H and O–H groups in total. The number of halogens is 6. The summed E-state index contributed by atoms with van der Waals surface area (Å²) in [5.74, 6) is 0. The van der Waals surface area contributed by atoms with Crippen molar-refractivity contribution >= 4 is 26.5 Å². The van der Waals surface area contributed by atoms with Gasteiger partial charge in [-0.1, -0.05) is 32.9 Å². The van der Waals surface area contributed by atoms with E-state index in [4.69, 9.17) is 0 Å². The van der Waals surface area contributed by atoms with Crippen LogP contribution in [0.3, 0.4) is 0 Å². The molecule has 0 amide bonds. The molecule has 0 saturated carbocycles. The molecule has 0 bridgehead atoms. The zero-order valence-corrected chi connectivity index (χ0v) is 15.8. The number of fused-ring (bicyclic) bond motifs is 1. The molecule has 1 unspecified atom stereocenters. The van der Waals surface area contributed by atoms with Gasteiger partial charge in [-0.3, -0.25) is 0 Å². The monoisotopic (exact) mass is 422 g/mol. The third-order valence-corrected chi connectivity index (χ3v) is 8.69. The lowest BCUT2D eigenvalue weighted by molar-refractivity contribution is -0.0548. The lowest BCUT2D eigenvalue weighted by atomic mass is 9.95. The van der Waals surface area contributed by atoms with Crippen molar-refractivity contribution in [1.29, 1.82) is 0 Å². The van der Waals surface area contributed by atoms with Crippen molar-refractivity contribution in [2.24, 2.45) is 5.41 Å². The van der Waals surface area contributed by atoms with Crippen LogP contribution in [0.1, 0.15) is 31.9 Å². The van der Waals surface area contributed by atoms with Crippen molar-refractivity contribution in [3.8, 4) is 0 Å². The third-order valence-electron chi connectivity index (χ3n) is 3.62. The Bertz CT molecular complexity index is 863. The van der Waals surface area contributed by atoms with Crippen molar-refractivity contribution in [2.75, 3.05) is 0 Å².